The van der Waals surface area contributed by atoms with Gasteiger partial charge in [0, 0.05) is 22.5 Å². The highest BCUT2D eigenvalue weighted by atomic mass is 35.5. The number of rotatable bonds is 5. The quantitative estimate of drug-likeness (QED) is 0.354. The zero-order chi connectivity index (χ0) is 22.7. The molecule has 2 amide bonds. The number of nitrogens with one attached hydrogen (secondary N) is 2. The summed E-state index contributed by atoms with van der Waals surface area (Å²) in [6.45, 7) is 1.64. The second-order valence-corrected chi connectivity index (χ2v) is 7.73. The Morgan fingerprint density at radius 2 is 1.34 bits per heavy atom. The van der Waals surface area contributed by atoms with Crippen molar-refractivity contribution in [2.24, 2.45) is 0 Å². The van der Waals surface area contributed by atoms with Gasteiger partial charge in [0.25, 0.3) is 11.8 Å². The standard InChI is InChI=1S/C24H17Cl2N3O3/c1-14-20(22(29-32-14)21-18(25)8-5-9-19(21)26)24(31)28-17-12-10-16(11-13-17)27-23(30)15-6-3-2-4-7-15/h2-13H,1H3,(H,27,30)(H,28,31). The molecule has 160 valence electrons. The molecule has 0 aliphatic carbocycles. The molecule has 2 N–H and O–H groups in total. The third-order valence-corrected chi connectivity index (χ3v) is 5.36. The molecule has 0 saturated heterocycles. The first kappa shape index (κ1) is 21.6. The number of carbonyl (C=O) groups is 2. The van der Waals surface area contributed by atoms with E-state index in [-0.39, 0.29) is 17.2 Å². The van der Waals surface area contributed by atoms with E-state index in [2.05, 4.69) is 15.8 Å². The van der Waals surface area contributed by atoms with Crippen molar-refractivity contribution in [1.29, 1.82) is 0 Å². The third-order valence-electron chi connectivity index (χ3n) is 4.73. The van der Waals surface area contributed by atoms with Crippen molar-refractivity contribution in [2.75, 3.05) is 10.6 Å². The smallest absolute Gasteiger partial charge is 0.261 e. The molecule has 0 unspecified atom stereocenters. The van der Waals surface area contributed by atoms with Crippen LogP contribution in [0.3, 0.4) is 0 Å². The Labute approximate surface area is 194 Å². The molecule has 0 radical (unpaired) electrons. The largest absolute Gasteiger partial charge is 0.360 e. The lowest BCUT2D eigenvalue weighted by Crippen LogP contribution is -2.14. The molecular formula is C24H17Cl2N3O3. The summed E-state index contributed by atoms with van der Waals surface area (Å²) in [5, 5.41) is 10.3. The molecule has 1 heterocycles. The number of carbonyl (C=O) groups excluding carboxylic acids is 2. The summed E-state index contributed by atoms with van der Waals surface area (Å²) in [7, 11) is 0. The van der Waals surface area contributed by atoms with Crippen LogP contribution in [-0.4, -0.2) is 17.0 Å². The van der Waals surface area contributed by atoms with Gasteiger partial charge in [0.1, 0.15) is 17.0 Å². The molecule has 4 rings (SSSR count). The van der Waals surface area contributed by atoms with Gasteiger partial charge in [-0.2, -0.15) is 0 Å². The van der Waals surface area contributed by atoms with Crippen LogP contribution >= 0.6 is 23.2 Å². The summed E-state index contributed by atoms with van der Waals surface area (Å²) >= 11 is 12.6. The number of amides is 2. The van der Waals surface area contributed by atoms with Gasteiger partial charge >= 0.3 is 0 Å². The van der Waals surface area contributed by atoms with E-state index in [9.17, 15) is 9.59 Å². The van der Waals surface area contributed by atoms with Gasteiger partial charge in [-0.25, -0.2) is 0 Å². The van der Waals surface area contributed by atoms with E-state index in [0.717, 1.165) is 0 Å². The van der Waals surface area contributed by atoms with Gasteiger partial charge in [-0.15, -0.1) is 0 Å². The van der Waals surface area contributed by atoms with Crippen molar-refractivity contribution in [3.63, 3.8) is 0 Å². The Bertz CT molecular complexity index is 1270. The van der Waals surface area contributed by atoms with Crippen molar-refractivity contribution < 1.29 is 14.1 Å². The van der Waals surface area contributed by atoms with E-state index in [1.165, 1.54) is 0 Å². The molecule has 0 fully saturated rings. The maximum absolute atomic E-state index is 13.0. The predicted octanol–water partition coefficient (Wildman–Crippen LogP) is 6.46. The molecule has 0 atom stereocenters. The van der Waals surface area contributed by atoms with Crippen molar-refractivity contribution in [3.8, 4) is 11.3 Å². The van der Waals surface area contributed by atoms with E-state index in [0.29, 0.717) is 38.3 Å². The minimum absolute atomic E-state index is 0.219. The monoisotopic (exact) mass is 465 g/mol. The molecule has 6 nitrogen and oxygen atoms in total. The average molecular weight is 466 g/mol. The highest BCUT2D eigenvalue weighted by molar-refractivity contribution is 6.39. The van der Waals surface area contributed by atoms with Crippen LogP contribution in [0.25, 0.3) is 11.3 Å². The van der Waals surface area contributed by atoms with Crippen molar-refractivity contribution in [3.05, 3.63) is 99.7 Å². The molecular weight excluding hydrogens is 449 g/mol. The van der Waals surface area contributed by atoms with Crippen LogP contribution in [0.1, 0.15) is 26.5 Å². The van der Waals surface area contributed by atoms with E-state index in [4.69, 9.17) is 27.7 Å². The highest BCUT2D eigenvalue weighted by Gasteiger charge is 2.25. The van der Waals surface area contributed by atoms with Crippen LogP contribution in [0.2, 0.25) is 10.0 Å². The van der Waals surface area contributed by atoms with Gasteiger partial charge in [0.2, 0.25) is 0 Å². The first-order valence-electron chi connectivity index (χ1n) is 9.62. The van der Waals surface area contributed by atoms with Gasteiger partial charge in [-0.05, 0) is 55.5 Å². The van der Waals surface area contributed by atoms with Crippen LogP contribution in [0.15, 0.2) is 77.3 Å². The van der Waals surface area contributed by atoms with Gasteiger partial charge in [0.05, 0.1) is 10.0 Å². The lowest BCUT2D eigenvalue weighted by atomic mass is 10.1. The molecule has 0 aliphatic heterocycles. The summed E-state index contributed by atoms with van der Waals surface area (Å²) in [5.74, 6) is -0.306. The number of hydrogen-bond donors (Lipinski definition) is 2. The fourth-order valence-corrected chi connectivity index (χ4v) is 3.73. The zero-order valence-electron chi connectivity index (χ0n) is 16.9. The van der Waals surface area contributed by atoms with E-state index < -0.39 is 5.91 Å². The summed E-state index contributed by atoms with van der Waals surface area (Å²) in [5.41, 5.74) is 2.62. The van der Waals surface area contributed by atoms with Crippen molar-refractivity contribution >= 4 is 46.4 Å². The number of aromatic nitrogens is 1. The fourth-order valence-electron chi connectivity index (χ4n) is 3.16. The van der Waals surface area contributed by atoms with Gasteiger partial charge in [-0.3, -0.25) is 9.59 Å². The Hall–Kier alpha value is -3.61. The predicted molar refractivity (Wildman–Crippen MR) is 125 cm³/mol. The number of benzene rings is 3. The number of nitrogens with zero attached hydrogens (tertiary/aromatic N) is 1. The van der Waals surface area contributed by atoms with Crippen LogP contribution in [-0.2, 0) is 0 Å². The maximum Gasteiger partial charge on any atom is 0.261 e. The Kier molecular flexibility index (Phi) is 6.25. The second kappa shape index (κ2) is 9.26. The van der Waals surface area contributed by atoms with Crippen LogP contribution < -0.4 is 10.6 Å². The number of halogens is 2. The SMILES string of the molecule is Cc1onc(-c2c(Cl)cccc2Cl)c1C(=O)Nc1ccc(NC(=O)c2ccccc2)cc1. The minimum Gasteiger partial charge on any atom is -0.360 e. The maximum atomic E-state index is 13.0. The topological polar surface area (TPSA) is 84.2 Å². The van der Waals surface area contributed by atoms with Gasteiger partial charge in [-0.1, -0.05) is 52.6 Å². The molecule has 32 heavy (non-hydrogen) atoms. The van der Waals surface area contributed by atoms with Crippen molar-refractivity contribution in [1.82, 2.24) is 5.16 Å². The van der Waals surface area contributed by atoms with E-state index >= 15 is 0 Å². The highest BCUT2D eigenvalue weighted by Crippen LogP contribution is 2.37. The Morgan fingerprint density at radius 1 is 0.781 bits per heavy atom. The summed E-state index contributed by atoms with van der Waals surface area (Å²) < 4.78 is 5.25. The van der Waals surface area contributed by atoms with Gasteiger partial charge in [0.15, 0.2) is 0 Å². The number of aryl methyl sites for hydroxylation is 1. The van der Waals surface area contributed by atoms with Gasteiger partial charge < -0.3 is 15.2 Å². The molecule has 8 heteroatoms. The lowest BCUT2D eigenvalue weighted by Gasteiger charge is -2.09. The van der Waals surface area contributed by atoms with Crippen LogP contribution in [0.5, 0.6) is 0 Å². The fraction of sp³-hybridized carbons (Fsp3) is 0.0417. The molecule has 3 aromatic carbocycles. The summed E-state index contributed by atoms with van der Waals surface area (Å²) in [6, 6.07) is 20.7. The summed E-state index contributed by atoms with van der Waals surface area (Å²) in [6.07, 6.45) is 0. The van der Waals surface area contributed by atoms with Crippen LogP contribution in [0.4, 0.5) is 11.4 Å². The van der Waals surface area contributed by atoms with E-state index in [1.54, 1.807) is 73.7 Å². The molecule has 1 aromatic heterocycles. The first-order chi connectivity index (χ1) is 15.4. The molecule has 0 spiro atoms. The molecule has 0 bridgehead atoms. The van der Waals surface area contributed by atoms with Crippen LogP contribution in [0, 0.1) is 6.92 Å². The lowest BCUT2D eigenvalue weighted by molar-refractivity contribution is 0.101. The zero-order valence-corrected chi connectivity index (χ0v) is 18.4. The normalized spacial score (nSPS) is 10.6. The van der Waals surface area contributed by atoms with Crippen molar-refractivity contribution in [2.45, 2.75) is 6.92 Å². The summed E-state index contributed by atoms with van der Waals surface area (Å²) in [4.78, 5) is 25.3. The average Bonchev–Trinajstić information content (AvgIpc) is 3.16. The molecule has 4 aromatic rings. The number of hydrogen-bond acceptors (Lipinski definition) is 4. The first-order valence-corrected chi connectivity index (χ1v) is 10.4. The molecule has 0 saturated carbocycles. The Morgan fingerprint density at radius 3 is 1.94 bits per heavy atom. The minimum atomic E-state index is -0.421. The Balaban J connectivity index is 1.52. The number of anilines is 2. The third kappa shape index (κ3) is 4.51. The van der Waals surface area contributed by atoms with E-state index in [1.807, 2.05) is 6.07 Å². The molecule has 0 aliphatic rings. The second-order valence-electron chi connectivity index (χ2n) is 6.91.